The third kappa shape index (κ3) is 4.15. The minimum absolute atomic E-state index is 0.0327. The number of benzene rings is 1. The van der Waals surface area contributed by atoms with E-state index in [1.54, 1.807) is 18.2 Å². The molecule has 0 bridgehead atoms. The maximum absolute atomic E-state index is 11.2. The van der Waals surface area contributed by atoms with E-state index in [2.05, 4.69) is 6.58 Å². The average molecular weight is 256 g/mol. The van der Waals surface area contributed by atoms with E-state index in [1.165, 1.54) is 6.07 Å². The molecule has 0 saturated heterocycles. The lowest BCUT2D eigenvalue weighted by Gasteiger charge is -2.10. The normalized spacial score (nSPS) is 10.9. The number of esters is 1. The molecule has 1 aromatic rings. The molecule has 0 aliphatic carbocycles. The number of hydrogen-bond acceptors (Lipinski definition) is 3. The molecule has 0 aliphatic rings. The molecule has 0 spiro atoms. The summed E-state index contributed by atoms with van der Waals surface area (Å²) in [5.74, 6) is -0.557. The first-order chi connectivity index (χ1) is 7.95. The molecule has 0 aromatic heterocycles. The van der Waals surface area contributed by atoms with E-state index in [1.807, 2.05) is 0 Å². The van der Waals surface area contributed by atoms with Crippen molar-refractivity contribution in [2.75, 3.05) is 6.61 Å². The molecule has 0 amide bonds. The molecule has 0 heterocycles. The van der Waals surface area contributed by atoms with Crippen LogP contribution in [0.3, 0.4) is 0 Å². The highest BCUT2D eigenvalue weighted by atomic mass is 31.2. The van der Waals surface area contributed by atoms with Crippen LogP contribution in [0.4, 0.5) is 0 Å². The van der Waals surface area contributed by atoms with Gasteiger partial charge in [-0.2, -0.15) is 0 Å². The van der Waals surface area contributed by atoms with Crippen molar-refractivity contribution >= 4 is 18.9 Å². The van der Waals surface area contributed by atoms with Crippen LogP contribution in [0.2, 0.25) is 0 Å². The number of hydrogen-bond donors (Lipinski definition) is 2. The standard InChI is InChI=1S/C11H13O5P/c1-2-11(12)16-8-7-9-5-3-4-6-10(9)17(13,14)15/h2-6H,1,7-8H2,(H2,13,14,15). The van der Waals surface area contributed by atoms with Crippen LogP contribution < -0.4 is 5.30 Å². The molecule has 2 N–H and O–H groups in total. The number of carbonyl (C=O) groups is 1. The topological polar surface area (TPSA) is 83.8 Å². The Morgan fingerprint density at radius 2 is 2.06 bits per heavy atom. The van der Waals surface area contributed by atoms with E-state index >= 15 is 0 Å². The first kappa shape index (κ1) is 13.6. The van der Waals surface area contributed by atoms with E-state index in [4.69, 9.17) is 14.5 Å². The van der Waals surface area contributed by atoms with Crippen molar-refractivity contribution in [2.24, 2.45) is 0 Å². The highest BCUT2D eigenvalue weighted by Crippen LogP contribution is 2.34. The first-order valence-corrected chi connectivity index (χ1v) is 6.49. The minimum Gasteiger partial charge on any atom is -0.462 e. The third-order valence-corrected chi connectivity index (χ3v) is 3.15. The Morgan fingerprint density at radius 1 is 1.41 bits per heavy atom. The molecule has 0 unspecified atom stereocenters. The lowest BCUT2D eigenvalue weighted by molar-refractivity contribution is -0.137. The van der Waals surface area contributed by atoms with Crippen LogP contribution in [-0.2, 0) is 20.5 Å². The second-order valence-electron chi connectivity index (χ2n) is 3.29. The quantitative estimate of drug-likeness (QED) is 0.461. The van der Waals surface area contributed by atoms with Crippen LogP contribution in [0.25, 0.3) is 0 Å². The molecule has 0 atom stereocenters. The molecule has 0 fully saturated rings. The predicted octanol–water partition coefficient (Wildman–Crippen LogP) is 0.761. The molecule has 1 aromatic carbocycles. The number of carbonyl (C=O) groups excluding carboxylic acids is 1. The lowest BCUT2D eigenvalue weighted by Crippen LogP contribution is -2.14. The van der Waals surface area contributed by atoms with Crippen LogP contribution in [0.15, 0.2) is 36.9 Å². The van der Waals surface area contributed by atoms with E-state index in [0.29, 0.717) is 5.56 Å². The second kappa shape index (κ2) is 5.77. The van der Waals surface area contributed by atoms with E-state index in [-0.39, 0.29) is 18.3 Å². The SMILES string of the molecule is C=CC(=O)OCCc1ccccc1P(=O)(O)O. The van der Waals surface area contributed by atoms with Gasteiger partial charge in [-0.15, -0.1) is 0 Å². The summed E-state index contributed by atoms with van der Waals surface area (Å²) in [5.41, 5.74) is 0.470. The van der Waals surface area contributed by atoms with Crippen molar-refractivity contribution in [1.29, 1.82) is 0 Å². The molecule has 5 nitrogen and oxygen atoms in total. The highest BCUT2D eigenvalue weighted by molar-refractivity contribution is 7.60. The molecule has 17 heavy (non-hydrogen) atoms. The lowest BCUT2D eigenvalue weighted by atomic mass is 10.2. The zero-order valence-electron chi connectivity index (χ0n) is 9.07. The van der Waals surface area contributed by atoms with Gasteiger partial charge in [-0.3, -0.25) is 4.57 Å². The number of ether oxygens (including phenoxy) is 1. The Kier molecular flexibility index (Phi) is 4.63. The van der Waals surface area contributed by atoms with Crippen molar-refractivity contribution in [3.05, 3.63) is 42.5 Å². The van der Waals surface area contributed by atoms with E-state index < -0.39 is 13.6 Å². The summed E-state index contributed by atoms with van der Waals surface area (Å²) in [5, 5.41) is -0.0327. The van der Waals surface area contributed by atoms with Crippen molar-refractivity contribution in [3.63, 3.8) is 0 Å². The molecule has 0 aliphatic heterocycles. The van der Waals surface area contributed by atoms with Gasteiger partial charge in [-0.1, -0.05) is 24.8 Å². The second-order valence-corrected chi connectivity index (χ2v) is 4.86. The van der Waals surface area contributed by atoms with Crippen molar-refractivity contribution in [1.82, 2.24) is 0 Å². The Morgan fingerprint density at radius 3 is 2.65 bits per heavy atom. The smallest absolute Gasteiger partial charge is 0.356 e. The highest BCUT2D eigenvalue weighted by Gasteiger charge is 2.20. The molecule has 0 saturated carbocycles. The van der Waals surface area contributed by atoms with Crippen molar-refractivity contribution < 1.29 is 23.9 Å². The van der Waals surface area contributed by atoms with Gasteiger partial charge in [0.2, 0.25) is 0 Å². The summed E-state index contributed by atoms with van der Waals surface area (Å²) < 4.78 is 15.9. The van der Waals surface area contributed by atoms with Crippen LogP contribution in [0.1, 0.15) is 5.56 Å². The van der Waals surface area contributed by atoms with Gasteiger partial charge >= 0.3 is 13.6 Å². The van der Waals surface area contributed by atoms with Gasteiger partial charge in [-0.25, -0.2) is 4.79 Å². The van der Waals surface area contributed by atoms with Crippen LogP contribution in [0.5, 0.6) is 0 Å². The Balaban J connectivity index is 2.75. The van der Waals surface area contributed by atoms with E-state index in [9.17, 15) is 9.36 Å². The van der Waals surface area contributed by atoms with Gasteiger partial charge in [-0.05, 0) is 11.6 Å². The summed E-state index contributed by atoms with van der Waals surface area (Å²) in [7, 11) is -4.29. The largest absolute Gasteiger partial charge is 0.462 e. The zero-order chi connectivity index (χ0) is 12.9. The van der Waals surface area contributed by atoms with Crippen molar-refractivity contribution in [3.8, 4) is 0 Å². The Bertz CT molecular complexity index is 463. The maximum Gasteiger partial charge on any atom is 0.356 e. The molecular weight excluding hydrogens is 243 g/mol. The maximum atomic E-state index is 11.2. The van der Waals surface area contributed by atoms with Gasteiger partial charge in [0.05, 0.1) is 11.9 Å². The molecule has 92 valence electrons. The zero-order valence-corrected chi connectivity index (χ0v) is 9.97. The summed E-state index contributed by atoms with van der Waals surface area (Å²) in [4.78, 5) is 29.0. The summed E-state index contributed by atoms with van der Waals surface area (Å²) >= 11 is 0. The monoisotopic (exact) mass is 256 g/mol. The fourth-order valence-electron chi connectivity index (χ4n) is 1.33. The Labute approximate surface area is 98.9 Å². The van der Waals surface area contributed by atoms with Gasteiger partial charge in [0, 0.05) is 12.5 Å². The first-order valence-electron chi connectivity index (χ1n) is 4.88. The van der Waals surface area contributed by atoms with Gasteiger partial charge < -0.3 is 14.5 Å². The minimum atomic E-state index is -4.29. The summed E-state index contributed by atoms with van der Waals surface area (Å²) in [6.45, 7) is 3.30. The van der Waals surface area contributed by atoms with Crippen molar-refractivity contribution in [2.45, 2.75) is 6.42 Å². The third-order valence-electron chi connectivity index (χ3n) is 2.09. The molecule has 6 heteroatoms. The molecular formula is C11H13O5P. The Hall–Kier alpha value is -1.42. The van der Waals surface area contributed by atoms with E-state index in [0.717, 1.165) is 6.08 Å². The fourth-order valence-corrected chi connectivity index (χ4v) is 2.17. The molecule has 1 rings (SSSR count). The van der Waals surface area contributed by atoms with Crippen LogP contribution >= 0.6 is 7.60 Å². The van der Waals surface area contributed by atoms with Gasteiger partial charge in [0.25, 0.3) is 0 Å². The average Bonchev–Trinajstić information content (AvgIpc) is 2.28. The summed E-state index contributed by atoms with van der Waals surface area (Å²) in [6.07, 6.45) is 1.29. The van der Waals surface area contributed by atoms with Crippen LogP contribution in [0, 0.1) is 0 Å². The predicted molar refractivity (Wildman–Crippen MR) is 63.0 cm³/mol. The number of rotatable bonds is 5. The fraction of sp³-hybridized carbons (Fsp3) is 0.182. The van der Waals surface area contributed by atoms with Crippen LogP contribution in [-0.4, -0.2) is 22.4 Å². The summed E-state index contributed by atoms with van der Waals surface area (Å²) in [6, 6.07) is 6.18. The van der Waals surface area contributed by atoms with Gasteiger partial charge in [0.15, 0.2) is 0 Å². The van der Waals surface area contributed by atoms with Gasteiger partial charge in [0.1, 0.15) is 0 Å². The molecule has 0 radical (unpaired) electrons.